The fraction of sp³-hybridized carbons (Fsp3) is 0.545. The van der Waals surface area contributed by atoms with Gasteiger partial charge in [-0.3, -0.25) is 4.79 Å². The molecule has 0 bridgehead atoms. The fourth-order valence-corrected chi connectivity index (χ4v) is 1.66. The number of hydrogen-bond acceptors (Lipinski definition) is 1. The van der Waals surface area contributed by atoms with Crippen LogP contribution in [0, 0.1) is 11.3 Å². The molecule has 0 fully saturated rings. The van der Waals surface area contributed by atoms with Gasteiger partial charge in [-0.25, -0.2) is 0 Å². The van der Waals surface area contributed by atoms with E-state index in [0.717, 1.165) is 12.0 Å². The summed E-state index contributed by atoms with van der Waals surface area (Å²) in [6.45, 7) is 9.93. The molecule has 0 saturated heterocycles. The molecule has 0 spiro atoms. The van der Waals surface area contributed by atoms with Crippen LogP contribution >= 0.6 is 0 Å². The van der Waals surface area contributed by atoms with Crippen molar-refractivity contribution in [2.24, 2.45) is 11.3 Å². The highest BCUT2D eigenvalue weighted by Crippen LogP contribution is 2.40. The molecule has 0 saturated carbocycles. The molecule has 1 nitrogen and oxygen atoms in total. The minimum absolute atomic E-state index is 0.203. The van der Waals surface area contributed by atoms with Crippen molar-refractivity contribution in [3.05, 3.63) is 24.3 Å². The summed E-state index contributed by atoms with van der Waals surface area (Å²) in [6, 6.07) is 0. The van der Waals surface area contributed by atoms with E-state index >= 15 is 0 Å². The second-order valence-electron chi connectivity index (χ2n) is 3.89. The van der Waals surface area contributed by atoms with E-state index < -0.39 is 0 Å². The predicted molar refractivity (Wildman–Crippen MR) is 50.8 cm³/mol. The second-order valence-corrected chi connectivity index (χ2v) is 3.89. The highest BCUT2D eigenvalue weighted by atomic mass is 16.1. The topological polar surface area (TPSA) is 17.1 Å². The molecule has 0 radical (unpaired) electrons. The molecule has 1 aliphatic rings. The third-order valence-electron chi connectivity index (χ3n) is 3.14. The van der Waals surface area contributed by atoms with Crippen LogP contribution in [0.25, 0.3) is 0 Å². The average molecular weight is 164 g/mol. The first-order valence-electron chi connectivity index (χ1n) is 4.36. The number of carbonyl (C=O) groups is 1. The SMILES string of the molecule is C=C(C)C1(C)C(=O)C=CCC1C. The zero-order valence-corrected chi connectivity index (χ0v) is 8.05. The van der Waals surface area contributed by atoms with Crippen molar-refractivity contribution in [1.29, 1.82) is 0 Å². The van der Waals surface area contributed by atoms with Crippen LogP contribution in [0.2, 0.25) is 0 Å². The van der Waals surface area contributed by atoms with Crippen LogP contribution in [-0.4, -0.2) is 5.78 Å². The van der Waals surface area contributed by atoms with Gasteiger partial charge in [0, 0.05) is 0 Å². The van der Waals surface area contributed by atoms with Gasteiger partial charge in [0.25, 0.3) is 0 Å². The van der Waals surface area contributed by atoms with Crippen molar-refractivity contribution >= 4 is 5.78 Å². The first-order chi connectivity index (χ1) is 5.49. The molecular formula is C11H16O. The first-order valence-corrected chi connectivity index (χ1v) is 4.36. The Labute approximate surface area is 74.2 Å². The molecule has 2 atom stereocenters. The molecule has 2 unspecified atom stereocenters. The van der Waals surface area contributed by atoms with Gasteiger partial charge >= 0.3 is 0 Å². The van der Waals surface area contributed by atoms with Gasteiger partial charge in [0.05, 0.1) is 5.41 Å². The van der Waals surface area contributed by atoms with Crippen LogP contribution in [0.15, 0.2) is 24.3 Å². The van der Waals surface area contributed by atoms with E-state index in [1.807, 2.05) is 19.9 Å². The van der Waals surface area contributed by atoms with Crippen molar-refractivity contribution in [2.75, 3.05) is 0 Å². The highest BCUT2D eigenvalue weighted by molar-refractivity contribution is 5.97. The lowest BCUT2D eigenvalue weighted by Crippen LogP contribution is -2.36. The van der Waals surface area contributed by atoms with E-state index in [1.54, 1.807) is 6.08 Å². The van der Waals surface area contributed by atoms with Crippen LogP contribution in [0.1, 0.15) is 27.2 Å². The number of rotatable bonds is 1. The van der Waals surface area contributed by atoms with Gasteiger partial charge in [-0.2, -0.15) is 0 Å². The third kappa shape index (κ3) is 1.13. The Morgan fingerprint density at radius 1 is 1.75 bits per heavy atom. The smallest absolute Gasteiger partial charge is 0.165 e. The van der Waals surface area contributed by atoms with Crippen LogP contribution in [-0.2, 0) is 4.79 Å². The normalized spacial score (nSPS) is 35.2. The second kappa shape index (κ2) is 2.89. The van der Waals surface area contributed by atoms with Gasteiger partial charge in [0.15, 0.2) is 5.78 Å². The average Bonchev–Trinajstić information content (AvgIpc) is 1.99. The van der Waals surface area contributed by atoms with E-state index in [-0.39, 0.29) is 11.2 Å². The van der Waals surface area contributed by atoms with Crippen LogP contribution in [0.4, 0.5) is 0 Å². The molecule has 0 aromatic carbocycles. The minimum atomic E-state index is -0.325. The summed E-state index contributed by atoms with van der Waals surface area (Å²) in [5.41, 5.74) is 0.652. The highest BCUT2D eigenvalue weighted by Gasteiger charge is 2.39. The van der Waals surface area contributed by atoms with Crippen molar-refractivity contribution in [3.8, 4) is 0 Å². The molecule has 0 aromatic rings. The number of allylic oxidation sites excluding steroid dienone is 3. The number of hydrogen-bond donors (Lipinski definition) is 0. The van der Waals surface area contributed by atoms with Gasteiger partial charge in [-0.05, 0) is 32.3 Å². The quantitative estimate of drug-likeness (QED) is 0.544. The maximum absolute atomic E-state index is 11.6. The lowest BCUT2D eigenvalue weighted by molar-refractivity contribution is -0.123. The fourth-order valence-electron chi connectivity index (χ4n) is 1.66. The Kier molecular flexibility index (Phi) is 2.22. The molecule has 1 aliphatic carbocycles. The largest absolute Gasteiger partial charge is 0.294 e. The Hall–Kier alpha value is -0.850. The maximum atomic E-state index is 11.6. The molecule has 0 N–H and O–H groups in total. The standard InChI is InChI=1S/C11H16O/c1-8(2)11(4)9(3)6-5-7-10(11)12/h5,7,9H,1,6H2,2-4H3. The van der Waals surface area contributed by atoms with E-state index in [4.69, 9.17) is 0 Å². The molecule has 0 heterocycles. The van der Waals surface area contributed by atoms with Gasteiger partial charge in [-0.1, -0.05) is 25.2 Å². The van der Waals surface area contributed by atoms with Gasteiger partial charge in [-0.15, -0.1) is 0 Å². The van der Waals surface area contributed by atoms with Crippen molar-refractivity contribution in [3.63, 3.8) is 0 Å². The monoisotopic (exact) mass is 164 g/mol. The summed E-state index contributed by atoms with van der Waals surface area (Å²) in [5, 5.41) is 0. The van der Waals surface area contributed by atoms with E-state index in [2.05, 4.69) is 13.5 Å². The summed E-state index contributed by atoms with van der Waals surface area (Å²) in [4.78, 5) is 11.6. The van der Waals surface area contributed by atoms with E-state index in [9.17, 15) is 4.79 Å². The van der Waals surface area contributed by atoms with Crippen LogP contribution < -0.4 is 0 Å². The zero-order valence-electron chi connectivity index (χ0n) is 8.05. The maximum Gasteiger partial charge on any atom is 0.165 e. The Morgan fingerprint density at radius 2 is 2.33 bits per heavy atom. The molecule has 12 heavy (non-hydrogen) atoms. The van der Waals surface area contributed by atoms with Crippen molar-refractivity contribution in [2.45, 2.75) is 27.2 Å². The lowest BCUT2D eigenvalue weighted by Gasteiger charge is -2.36. The van der Waals surface area contributed by atoms with Gasteiger partial charge < -0.3 is 0 Å². The van der Waals surface area contributed by atoms with Gasteiger partial charge in [0.1, 0.15) is 0 Å². The van der Waals surface area contributed by atoms with Gasteiger partial charge in [0.2, 0.25) is 0 Å². The Morgan fingerprint density at radius 3 is 2.67 bits per heavy atom. The zero-order chi connectivity index (χ0) is 9.35. The molecule has 66 valence electrons. The molecular weight excluding hydrogens is 148 g/mol. The summed E-state index contributed by atoms with van der Waals surface area (Å²) in [5.74, 6) is 0.584. The number of carbonyl (C=O) groups excluding carboxylic acids is 1. The summed E-state index contributed by atoms with van der Waals surface area (Å²) >= 11 is 0. The summed E-state index contributed by atoms with van der Waals surface area (Å²) in [7, 11) is 0. The van der Waals surface area contributed by atoms with E-state index in [1.165, 1.54) is 0 Å². The van der Waals surface area contributed by atoms with Crippen LogP contribution in [0.5, 0.6) is 0 Å². The molecule has 0 aliphatic heterocycles. The number of ketones is 1. The lowest BCUT2D eigenvalue weighted by atomic mass is 9.66. The summed E-state index contributed by atoms with van der Waals surface area (Å²) < 4.78 is 0. The molecule has 1 heteroatoms. The third-order valence-corrected chi connectivity index (χ3v) is 3.14. The van der Waals surface area contributed by atoms with E-state index in [0.29, 0.717) is 5.92 Å². The van der Waals surface area contributed by atoms with Crippen molar-refractivity contribution < 1.29 is 4.79 Å². The minimum Gasteiger partial charge on any atom is -0.294 e. The Balaban J connectivity index is 3.08. The van der Waals surface area contributed by atoms with Crippen molar-refractivity contribution in [1.82, 2.24) is 0 Å². The predicted octanol–water partition coefficient (Wildman–Crippen LogP) is 2.73. The Bertz CT molecular complexity index is 250. The molecule has 0 amide bonds. The molecule has 0 aromatic heterocycles. The first kappa shape index (κ1) is 9.24. The summed E-state index contributed by atoms with van der Waals surface area (Å²) in [6.07, 6.45) is 4.63. The molecule has 1 rings (SSSR count). The van der Waals surface area contributed by atoms with Crippen LogP contribution in [0.3, 0.4) is 0 Å².